The van der Waals surface area contributed by atoms with Gasteiger partial charge in [-0.1, -0.05) is 24.3 Å². The third-order valence-electron chi connectivity index (χ3n) is 4.29. The number of nitrogens with zero attached hydrogens (tertiary/aromatic N) is 1. The van der Waals surface area contributed by atoms with Gasteiger partial charge in [-0.2, -0.15) is 0 Å². The molecule has 1 heterocycles. The first-order chi connectivity index (χ1) is 9.60. The van der Waals surface area contributed by atoms with Gasteiger partial charge in [0.2, 0.25) is 0 Å². The van der Waals surface area contributed by atoms with E-state index in [1.807, 2.05) is 12.1 Å². The second-order valence-electron chi connectivity index (χ2n) is 5.62. The average Bonchev–Trinajstić information content (AvgIpc) is 2.47. The fourth-order valence-electron chi connectivity index (χ4n) is 3.22. The molecule has 1 aliphatic carbocycles. The molecular formula is C17H18FNO. The number of rotatable bonds is 2. The Morgan fingerprint density at radius 2 is 2.05 bits per heavy atom. The minimum atomic E-state index is -1.24. The Labute approximate surface area is 118 Å². The SMILES string of the molecule is CC(O)(c1ccccc1F)C1CCCc2cccnc21. The van der Waals surface area contributed by atoms with E-state index in [4.69, 9.17) is 0 Å². The van der Waals surface area contributed by atoms with E-state index in [-0.39, 0.29) is 11.7 Å². The van der Waals surface area contributed by atoms with Gasteiger partial charge in [-0.15, -0.1) is 0 Å². The van der Waals surface area contributed by atoms with Crippen LogP contribution in [-0.2, 0) is 12.0 Å². The van der Waals surface area contributed by atoms with Gasteiger partial charge in [-0.25, -0.2) is 4.39 Å². The minimum Gasteiger partial charge on any atom is -0.385 e. The second-order valence-corrected chi connectivity index (χ2v) is 5.62. The lowest BCUT2D eigenvalue weighted by molar-refractivity contribution is 0.0156. The molecule has 3 heteroatoms. The number of aliphatic hydroxyl groups is 1. The van der Waals surface area contributed by atoms with E-state index in [1.165, 1.54) is 11.6 Å². The van der Waals surface area contributed by atoms with Crippen LogP contribution >= 0.6 is 0 Å². The van der Waals surface area contributed by atoms with Gasteiger partial charge < -0.3 is 5.11 Å². The number of fused-ring (bicyclic) bond motifs is 1. The van der Waals surface area contributed by atoms with E-state index in [1.54, 1.807) is 31.3 Å². The van der Waals surface area contributed by atoms with Crippen molar-refractivity contribution in [1.82, 2.24) is 4.98 Å². The first-order valence-corrected chi connectivity index (χ1v) is 7.02. The van der Waals surface area contributed by atoms with E-state index in [0.717, 1.165) is 25.0 Å². The molecular weight excluding hydrogens is 253 g/mol. The zero-order valence-corrected chi connectivity index (χ0v) is 11.5. The van der Waals surface area contributed by atoms with Crippen molar-refractivity contribution in [2.45, 2.75) is 37.7 Å². The summed E-state index contributed by atoms with van der Waals surface area (Å²) >= 11 is 0. The predicted molar refractivity (Wildman–Crippen MR) is 75.9 cm³/mol. The van der Waals surface area contributed by atoms with E-state index in [2.05, 4.69) is 4.98 Å². The van der Waals surface area contributed by atoms with Crippen LogP contribution in [0.15, 0.2) is 42.6 Å². The largest absolute Gasteiger partial charge is 0.385 e. The molecule has 1 aromatic heterocycles. The summed E-state index contributed by atoms with van der Waals surface area (Å²) < 4.78 is 14.0. The number of hydrogen-bond acceptors (Lipinski definition) is 2. The van der Waals surface area contributed by atoms with Gasteiger partial charge in [0.05, 0.1) is 5.60 Å². The quantitative estimate of drug-likeness (QED) is 0.906. The molecule has 0 radical (unpaired) electrons. The maximum absolute atomic E-state index is 14.0. The molecule has 104 valence electrons. The highest BCUT2D eigenvalue weighted by Gasteiger charge is 2.39. The van der Waals surface area contributed by atoms with E-state index >= 15 is 0 Å². The van der Waals surface area contributed by atoms with Crippen molar-refractivity contribution in [3.05, 3.63) is 65.2 Å². The Morgan fingerprint density at radius 1 is 1.25 bits per heavy atom. The number of aromatic nitrogens is 1. The lowest BCUT2D eigenvalue weighted by Crippen LogP contribution is -2.34. The molecule has 20 heavy (non-hydrogen) atoms. The van der Waals surface area contributed by atoms with Crippen LogP contribution in [0, 0.1) is 5.82 Å². The van der Waals surface area contributed by atoms with Crippen molar-refractivity contribution in [2.24, 2.45) is 0 Å². The molecule has 1 aromatic carbocycles. The van der Waals surface area contributed by atoms with Crippen molar-refractivity contribution in [1.29, 1.82) is 0 Å². The highest BCUT2D eigenvalue weighted by Crippen LogP contribution is 2.43. The summed E-state index contributed by atoms with van der Waals surface area (Å²) in [5.74, 6) is -0.523. The average molecular weight is 271 g/mol. The van der Waals surface area contributed by atoms with Gasteiger partial charge >= 0.3 is 0 Å². The number of pyridine rings is 1. The fraction of sp³-hybridized carbons (Fsp3) is 0.353. The molecule has 0 bridgehead atoms. The molecule has 0 amide bonds. The van der Waals surface area contributed by atoms with Crippen LogP contribution in [0.4, 0.5) is 4.39 Å². The van der Waals surface area contributed by atoms with Gasteiger partial charge in [0.25, 0.3) is 0 Å². The molecule has 1 N–H and O–H groups in total. The van der Waals surface area contributed by atoms with E-state index < -0.39 is 5.60 Å². The zero-order chi connectivity index (χ0) is 14.2. The monoisotopic (exact) mass is 271 g/mol. The molecule has 1 aliphatic rings. The van der Waals surface area contributed by atoms with Crippen molar-refractivity contribution >= 4 is 0 Å². The highest BCUT2D eigenvalue weighted by molar-refractivity contribution is 5.34. The molecule has 2 atom stereocenters. The van der Waals surface area contributed by atoms with Crippen LogP contribution in [-0.4, -0.2) is 10.1 Å². The summed E-state index contributed by atoms with van der Waals surface area (Å²) in [5.41, 5.74) is 1.19. The van der Waals surface area contributed by atoms with Crippen LogP contribution in [0.2, 0.25) is 0 Å². The zero-order valence-electron chi connectivity index (χ0n) is 11.5. The molecule has 2 aromatic rings. The maximum atomic E-state index is 14.0. The Bertz CT molecular complexity index is 624. The second kappa shape index (κ2) is 4.98. The summed E-state index contributed by atoms with van der Waals surface area (Å²) in [4.78, 5) is 4.44. The van der Waals surface area contributed by atoms with Gasteiger partial charge in [0, 0.05) is 23.4 Å². The lowest BCUT2D eigenvalue weighted by atomic mass is 9.73. The number of aryl methyl sites for hydroxylation is 1. The van der Waals surface area contributed by atoms with E-state index in [0.29, 0.717) is 5.56 Å². The fourth-order valence-corrected chi connectivity index (χ4v) is 3.22. The number of hydrogen-bond donors (Lipinski definition) is 1. The molecule has 0 saturated carbocycles. The normalized spacial score (nSPS) is 21.1. The third kappa shape index (κ3) is 2.12. The Morgan fingerprint density at radius 3 is 2.85 bits per heavy atom. The van der Waals surface area contributed by atoms with Crippen LogP contribution in [0.1, 0.15) is 42.5 Å². The number of halogens is 1. The summed E-state index contributed by atoms with van der Waals surface area (Å²) in [5, 5.41) is 11.0. The Hall–Kier alpha value is -1.74. The van der Waals surface area contributed by atoms with Crippen LogP contribution in [0.25, 0.3) is 0 Å². The molecule has 3 rings (SSSR count). The van der Waals surface area contributed by atoms with Gasteiger partial charge in [0.1, 0.15) is 5.82 Å². The Kier molecular flexibility index (Phi) is 3.30. The third-order valence-corrected chi connectivity index (χ3v) is 4.29. The van der Waals surface area contributed by atoms with Gasteiger partial charge in [-0.05, 0) is 43.9 Å². The topological polar surface area (TPSA) is 33.1 Å². The van der Waals surface area contributed by atoms with Crippen molar-refractivity contribution < 1.29 is 9.50 Å². The molecule has 0 saturated heterocycles. The van der Waals surface area contributed by atoms with Gasteiger partial charge in [-0.3, -0.25) is 4.98 Å². The van der Waals surface area contributed by atoms with Crippen molar-refractivity contribution in [2.75, 3.05) is 0 Å². The maximum Gasteiger partial charge on any atom is 0.129 e. The predicted octanol–water partition coefficient (Wildman–Crippen LogP) is 3.55. The van der Waals surface area contributed by atoms with Crippen LogP contribution in [0.5, 0.6) is 0 Å². The first kappa shape index (κ1) is 13.3. The summed E-state index contributed by atoms with van der Waals surface area (Å²) in [7, 11) is 0. The standard InChI is InChI=1S/C17H18FNO/c1-17(20,13-8-2-3-10-15(13)18)14-9-4-6-12-7-5-11-19-16(12)14/h2-3,5,7-8,10-11,14,20H,4,6,9H2,1H3. The van der Waals surface area contributed by atoms with Crippen LogP contribution < -0.4 is 0 Å². The minimum absolute atomic E-state index is 0.163. The van der Waals surface area contributed by atoms with E-state index in [9.17, 15) is 9.50 Å². The summed E-state index contributed by atoms with van der Waals surface area (Å²) in [6, 6.07) is 10.4. The molecule has 2 unspecified atom stereocenters. The summed E-state index contributed by atoms with van der Waals surface area (Å²) in [6.07, 6.45) is 4.54. The molecule has 0 fully saturated rings. The smallest absolute Gasteiger partial charge is 0.129 e. The summed E-state index contributed by atoms with van der Waals surface area (Å²) in [6.45, 7) is 1.69. The van der Waals surface area contributed by atoms with Gasteiger partial charge in [0.15, 0.2) is 0 Å². The molecule has 0 spiro atoms. The lowest BCUT2D eigenvalue weighted by Gasteiger charge is -2.36. The number of benzene rings is 1. The molecule has 2 nitrogen and oxygen atoms in total. The molecule has 0 aliphatic heterocycles. The van der Waals surface area contributed by atoms with Crippen LogP contribution in [0.3, 0.4) is 0 Å². The highest BCUT2D eigenvalue weighted by atomic mass is 19.1. The first-order valence-electron chi connectivity index (χ1n) is 7.02. The van der Waals surface area contributed by atoms with Crippen molar-refractivity contribution in [3.63, 3.8) is 0 Å². The Balaban J connectivity index is 2.07. The van der Waals surface area contributed by atoms with Crippen molar-refractivity contribution in [3.8, 4) is 0 Å².